The number of rotatable bonds is 5. The van der Waals surface area contributed by atoms with Crippen molar-refractivity contribution in [2.75, 3.05) is 13.3 Å². The standard InChI is InChI=1S/C18H23N3O2S/c1-21(14-8-9-15(10-14)24-2)18(22)20-12-17-19-11-16(23-17)13-6-4-3-5-7-13/h3-7,11,14-15H,8-10,12H2,1-2H3,(H,20,22)/t14-,15-/m1/s1. The number of oxazole rings is 1. The molecule has 0 saturated heterocycles. The van der Waals surface area contributed by atoms with Crippen molar-refractivity contribution in [3.63, 3.8) is 0 Å². The zero-order valence-corrected chi connectivity index (χ0v) is 14.9. The van der Waals surface area contributed by atoms with E-state index in [4.69, 9.17) is 4.42 Å². The van der Waals surface area contributed by atoms with Gasteiger partial charge in [0.05, 0.1) is 12.7 Å². The number of aromatic nitrogens is 1. The molecular formula is C18H23N3O2S. The number of hydrogen-bond acceptors (Lipinski definition) is 4. The fourth-order valence-electron chi connectivity index (χ4n) is 3.05. The van der Waals surface area contributed by atoms with Gasteiger partial charge in [-0.1, -0.05) is 30.3 Å². The molecule has 0 aliphatic heterocycles. The molecule has 2 aromatic rings. The molecule has 128 valence electrons. The Morgan fingerprint density at radius 2 is 2.17 bits per heavy atom. The van der Waals surface area contributed by atoms with Crippen LogP contribution < -0.4 is 5.32 Å². The monoisotopic (exact) mass is 345 g/mol. The molecule has 0 bridgehead atoms. The molecule has 1 N–H and O–H groups in total. The Labute approximate surface area is 146 Å². The van der Waals surface area contributed by atoms with E-state index in [2.05, 4.69) is 16.6 Å². The lowest BCUT2D eigenvalue weighted by atomic mass is 10.2. The molecule has 2 amide bonds. The molecule has 0 radical (unpaired) electrons. The second-order valence-corrected chi connectivity index (χ2v) is 7.22. The molecule has 1 heterocycles. The predicted molar refractivity (Wildman–Crippen MR) is 96.9 cm³/mol. The first-order valence-corrected chi connectivity index (χ1v) is 9.49. The van der Waals surface area contributed by atoms with Crippen LogP contribution in [0.3, 0.4) is 0 Å². The zero-order chi connectivity index (χ0) is 16.9. The number of hydrogen-bond donors (Lipinski definition) is 1. The number of amides is 2. The van der Waals surface area contributed by atoms with E-state index in [0.29, 0.717) is 29.5 Å². The molecule has 1 saturated carbocycles. The van der Waals surface area contributed by atoms with E-state index in [1.807, 2.05) is 54.0 Å². The zero-order valence-electron chi connectivity index (χ0n) is 14.1. The van der Waals surface area contributed by atoms with Crippen LogP contribution in [0.15, 0.2) is 40.9 Å². The highest BCUT2D eigenvalue weighted by Gasteiger charge is 2.29. The van der Waals surface area contributed by atoms with Gasteiger partial charge < -0.3 is 14.6 Å². The molecule has 6 heteroatoms. The van der Waals surface area contributed by atoms with Gasteiger partial charge in [0, 0.05) is 23.9 Å². The topological polar surface area (TPSA) is 58.4 Å². The van der Waals surface area contributed by atoms with Gasteiger partial charge in [-0.2, -0.15) is 11.8 Å². The molecule has 3 rings (SSSR count). The Kier molecular flexibility index (Phi) is 5.45. The summed E-state index contributed by atoms with van der Waals surface area (Å²) in [6.45, 7) is 0.300. The third-order valence-electron chi connectivity index (χ3n) is 4.56. The number of carbonyl (C=O) groups excluding carboxylic acids is 1. The normalized spacial score (nSPS) is 20.1. The largest absolute Gasteiger partial charge is 0.439 e. The van der Waals surface area contributed by atoms with E-state index in [-0.39, 0.29) is 6.03 Å². The molecule has 0 unspecified atom stereocenters. The average molecular weight is 345 g/mol. The molecular weight excluding hydrogens is 322 g/mol. The number of benzene rings is 1. The van der Waals surface area contributed by atoms with Crippen LogP contribution in [-0.4, -0.2) is 40.5 Å². The number of urea groups is 1. The molecule has 1 aliphatic rings. The van der Waals surface area contributed by atoms with Crippen molar-refractivity contribution in [2.24, 2.45) is 0 Å². The lowest BCUT2D eigenvalue weighted by Crippen LogP contribution is -2.42. The number of carbonyl (C=O) groups is 1. The van der Waals surface area contributed by atoms with Crippen molar-refractivity contribution in [3.05, 3.63) is 42.4 Å². The smallest absolute Gasteiger partial charge is 0.317 e. The van der Waals surface area contributed by atoms with E-state index < -0.39 is 0 Å². The van der Waals surface area contributed by atoms with Crippen LogP contribution in [0, 0.1) is 0 Å². The van der Waals surface area contributed by atoms with Gasteiger partial charge in [-0.15, -0.1) is 0 Å². The van der Waals surface area contributed by atoms with Gasteiger partial charge in [0.15, 0.2) is 5.76 Å². The summed E-state index contributed by atoms with van der Waals surface area (Å²) in [6.07, 6.45) is 7.17. The van der Waals surface area contributed by atoms with Crippen LogP contribution in [0.4, 0.5) is 4.79 Å². The summed E-state index contributed by atoms with van der Waals surface area (Å²) in [6, 6.07) is 10.1. The second kappa shape index (κ2) is 7.75. The summed E-state index contributed by atoms with van der Waals surface area (Å²) in [4.78, 5) is 18.4. The Bertz CT molecular complexity index is 674. The Hall–Kier alpha value is -1.95. The van der Waals surface area contributed by atoms with Crippen LogP contribution in [0.2, 0.25) is 0 Å². The third-order valence-corrected chi connectivity index (χ3v) is 5.66. The van der Waals surface area contributed by atoms with Gasteiger partial charge in [-0.3, -0.25) is 0 Å². The van der Waals surface area contributed by atoms with Gasteiger partial charge in [0.2, 0.25) is 5.89 Å². The molecule has 1 aliphatic carbocycles. The predicted octanol–water partition coefficient (Wildman–Crippen LogP) is 3.77. The van der Waals surface area contributed by atoms with Gasteiger partial charge in [-0.25, -0.2) is 9.78 Å². The maximum absolute atomic E-state index is 12.3. The lowest BCUT2D eigenvalue weighted by molar-refractivity contribution is 0.189. The van der Waals surface area contributed by atoms with E-state index in [9.17, 15) is 4.79 Å². The number of nitrogens with zero attached hydrogens (tertiary/aromatic N) is 2. The SMILES string of the molecule is CS[C@@H]1CC[C@@H](N(C)C(=O)NCc2ncc(-c3ccccc3)o2)C1. The van der Waals surface area contributed by atoms with Crippen molar-refractivity contribution >= 4 is 17.8 Å². The first-order valence-electron chi connectivity index (χ1n) is 8.21. The highest BCUT2D eigenvalue weighted by Crippen LogP contribution is 2.30. The molecule has 24 heavy (non-hydrogen) atoms. The summed E-state index contributed by atoms with van der Waals surface area (Å²) in [5.74, 6) is 1.23. The minimum atomic E-state index is -0.0683. The Balaban J connectivity index is 1.52. The molecule has 1 aromatic carbocycles. The van der Waals surface area contributed by atoms with Crippen molar-refractivity contribution < 1.29 is 9.21 Å². The quantitative estimate of drug-likeness (QED) is 0.896. The highest BCUT2D eigenvalue weighted by atomic mass is 32.2. The van der Waals surface area contributed by atoms with E-state index in [1.165, 1.54) is 6.42 Å². The van der Waals surface area contributed by atoms with Crippen LogP contribution in [-0.2, 0) is 6.54 Å². The van der Waals surface area contributed by atoms with E-state index in [0.717, 1.165) is 18.4 Å². The first kappa shape index (κ1) is 16.9. The molecule has 5 nitrogen and oxygen atoms in total. The highest BCUT2D eigenvalue weighted by molar-refractivity contribution is 7.99. The third kappa shape index (κ3) is 3.93. The van der Waals surface area contributed by atoms with Crippen LogP contribution in [0.5, 0.6) is 0 Å². The Morgan fingerprint density at radius 3 is 2.88 bits per heavy atom. The van der Waals surface area contributed by atoms with Gasteiger partial charge >= 0.3 is 6.03 Å². The van der Waals surface area contributed by atoms with Crippen LogP contribution in [0.1, 0.15) is 25.2 Å². The van der Waals surface area contributed by atoms with Crippen LogP contribution in [0.25, 0.3) is 11.3 Å². The van der Waals surface area contributed by atoms with Crippen molar-refractivity contribution in [2.45, 2.75) is 37.1 Å². The number of thioether (sulfide) groups is 1. The number of nitrogens with one attached hydrogen (secondary N) is 1. The van der Waals surface area contributed by atoms with Crippen LogP contribution >= 0.6 is 11.8 Å². The molecule has 2 atom stereocenters. The second-order valence-electron chi connectivity index (χ2n) is 6.08. The van der Waals surface area contributed by atoms with Crippen molar-refractivity contribution in [1.82, 2.24) is 15.2 Å². The van der Waals surface area contributed by atoms with Crippen molar-refractivity contribution in [1.29, 1.82) is 0 Å². The van der Waals surface area contributed by atoms with Crippen molar-refractivity contribution in [3.8, 4) is 11.3 Å². The summed E-state index contributed by atoms with van der Waals surface area (Å²) in [5, 5.41) is 3.57. The van der Waals surface area contributed by atoms with Gasteiger partial charge in [-0.05, 0) is 25.5 Å². The fraction of sp³-hybridized carbons (Fsp3) is 0.444. The maximum Gasteiger partial charge on any atom is 0.317 e. The summed E-state index contributed by atoms with van der Waals surface area (Å²) < 4.78 is 5.71. The fourth-order valence-corrected chi connectivity index (χ4v) is 3.84. The Morgan fingerprint density at radius 1 is 1.38 bits per heavy atom. The summed E-state index contributed by atoms with van der Waals surface area (Å²) in [5.41, 5.74) is 0.980. The lowest BCUT2D eigenvalue weighted by Gasteiger charge is -2.24. The maximum atomic E-state index is 12.3. The van der Waals surface area contributed by atoms with Gasteiger partial charge in [0.1, 0.15) is 0 Å². The van der Waals surface area contributed by atoms with E-state index >= 15 is 0 Å². The molecule has 1 aromatic heterocycles. The average Bonchev–Trinajstić information content (AvgIpc) is 3.29. The minimum absolute atomic E-state index is 0.0683. The van der Waals surface area contributed by atoms with E-state index in [1.54, 1.807) is 6.20 Å². The first-order chi connectivity index (χ1) is 11.7. The van der Waals surface area contributed by atoms with Gasteiger partial charge in [0.25, 0.3) is 0 Å². The summed E-state index contributed by atoms with van der Waals surface area (Å²) in [7, 11) is 1.87. The minimum Gasteiger partial charge on any atom is -0.439 e. The molecule has 0 spiro atoms. The molecule has 1 fully saturated rings. The summed E-state index contributed by atoms with van der Waals surface area (Å²) >= 11 is 1.89.